The van der Waals surface area contributed by atoms with E-state index in [2.05, 4.69) is 19.2 Å². The molecule has 0 heterocycles. The van der Waals surface area contributed by atoms with Crippen LogP contribution in [0, 0.1) is 17.7 Å². The molecule has 0 aliphatic heterocycles. The highest BCUT2D eigenvalue weighted by Gasteiger charge is 2.28. The van der Waals surface area contributed by atoms with Crippen LogP contribution in [0.5, 0.6) is 0 Å². The zero-order chi connectivity index (χ0) is 13.1. The molecule has 0 unspecified atom stereocenters. The summed E-state index contributed by atoms with van der Waals surface area (Å²) in [5, 5.41) is 3.04. The van der Waals surface area contributed by atoms with Crippen molar-refractivity contribution in [3.8, 4) is 0 Å². The Morgan fingerprint density at radius 3 is 2.83 bits per heavy atom. The van der Waals surface area contributed by atoms with Crippen molar-refractivity contribution in [3.63, 3.8) is 0 Å². The number of nitrogens with one attached hydrogen (secondary N) is 1. The van der Waals surface area contributed by atoms with E-state index in [1.807, 2.05) is 0 Å². The molecule has 0 radical (unpaired) electrons. The van der Waals surface area contributed by atoms with Crippen molar-refractivity contribution in [1.29, 1.82) is 0 Å². The second kappa shape index (κ2) is 5.51. The van der Waals surface area contributed by atoms with E-state index in [1.54, 1.807) is 12.1 Å². The average molecular weight is 249 g/mol. The number of carbonyl (C=O) groups excluding carboxylic acids is 1. The van der Waals surface area contributed by atoms with E-state index in [1.165, 1.54) is 18.6 Å². The fraction of sp³-hybridized carbons (Fsp3) is 0.533. The van der Waals surface area contributed by atoms with Gasteiger partial charge in [-0.1, -0.05) is 32.8 Å². The van der Waals surface area contributed by atoms with Crippen LogP contribution in [0.4, 0.5) is 4.39 Å². The lowest BCUT2D eigenvalue weighted by molar-refractivity contribution is 0.0890. The maximum Gasteiger partial charge on any atom is 0.251 e. The SMILES string of the molecule is C[C@@H]1[C@H](C)CCC[C@@H]1NC(=O)c1cccc(F)c1. The Labute approximate surface area is 108 Å². The molecule has 1 saturated carbocycles. The number of halogens is 1. The number of benzene rings is 1. The largest absolute Gasteiger partial charge is 0.349 e. The Bertz CT molecular complexity index is 432. The van der Waals surface area contributed by atoms with E-state index in [9.17, 15) is 9.18 Å². The molecule has 3 atom stereocenters. The van der Waals surface area contributed by atoms with Gasteiger partial charge in [0, 0.05) is 11.6 Å². The molecule has 1 N–H and O–H groups in total. The van der Waals surface area contributed by atoms with E-state index in [0.29, 0.717) is 17.4 Å². The second-order valence-corrected chi connectivity index (χ2v) is 5.36. The van der Waals surface area contributed by atoms with Crippen molar-refractivity contribution < 1.29 is 9.18 Å². The summed E-state index contributed by atoms with van der Waals surface area (Å²) in [5.41, 5.74) is 0.403. The molecule has 1 aromatic carbocycles. The highest BCUT2D eigenvalue weighted by molar-refractivity contribution is 5.94. The van der Waals surface area contributed by atoms with E-state index >= 15 is 0 Å². The molecule has 98 valence electrons. The van der Waals surface area contributed by atoms with Gasteiger partial charge in [-0.3, -0.25) is 4.79 Å². The maximum absolute atomic E-state index is 13.1. The number of amides is 1. The second-order valence-electron chi connectivity index (χ2n) is 5.36. The van der Waals surface area contributed by atoms with Crippen LogP contribution in [0.1, 0.15) is 43.5 Å². The Morgan fingerprint density at radius 2 is 2.11 bits per heavy atom. The molecule has 0 spiro atoms. The lowest BCUT2D eigenvalue weighted by Gasteiger charge is -2.34. The molecule has 1 aliphatic carbocycles. The average Bonchev–Trinajstić information content (AvgIpc) is 2.35. The monoisotopic (exact) mass is 249 g/mol. The molecule has 0 saturated heterocycles. The van der Waals surface area contributed by atoms with E-state index in [4.69, 9.17) is 0 Å². The van der Waals surface area contributed by atoms with Crippen molar-refractivity contribution in [3.05, 3.63) is 35.6 Å². The predicted octanol–water partition coefficient (Wildman–Crippen LogP) is 3.38. The van der Waals surface area contributed by atoms with Gasteiger partial charge in [-0.25, -0.2) is 4.39 Å². The molecule has 1 aliphatic rings. The summed E-state index contributed by atoms with van der Waals surface area (Å²) in [5.74, 6) is 0.584. The van der Waals surface area contributed by atoms with Crippen LogP contribution >= 0.6 is 0 Å². The van der Waals surface area contributed by atoms with Crippen LogP contribution in [0.3, 0.4) is 0 Å². The molecule has 18 heavy (non-hydrogen) atoms. The summed E-state index contributed by atoms with van der Waals surface area (Å²) >= 11 is 0. The van der Waals surface area contributed by atoms with E-state index < -0.39 is 0 Å². The van der Waals surface area contributed by atoms with E-state index in [-0.39, 0.29) is 17.8 Å². The quantitative estimate of drug-likeness (QED) is 0.855. The summed E-state index contributed by atoms with van der Waals surface area (Å²) < 4.78 is 13.1. The van der Waals surface area contributed by atoms with Crippen LogP contribution in [0.25, 0.3) is 0 Å². The highest BCUT2D eigenvalue weighted by atomic mass is 19.1. The minimum absolute atomic E-state index is 0.166. The molecular formula is C15H20FNO. The zero-order valence-corrected chi connectivity index (χ0v) is 10.9. The van der Waals surface area contributed by atoms with Gasteiger partial charge < -0.3 is 5.32 Å². The minimum Gasteiger partial charge on any atom is -0.349 e. The van der Waals surface area contributed by atoms with Gasteiger partial charge in [-0.15, -0.1) is 0 Å². The Morgan fingerprint density at radius 1 is 1.33 bits per heavy atom. The minimum atomic E-state index is -0.368. The summed E-state index contributed by atoms with van der Waals surface area (Å²) in [6.07, 6.45) is 3.40. The molecule has 2 nitrogen and oxygen atoms in total. The molecular weight excluding hydrogens is 229 g/mol. The highest BCUT2D eigenvalue weighted by Crippen LogP contribution is 2.29. The number of rotatable bonds is 2. The van der Waals surface area contributed by atoms with Gasteiger partial charge in [0.2, 0.25) is 0 Å². The lowest BCUT2D eigenvalue weighted by Crippen LogP contribution is -2.43. The first-order valence-electron chi connectivity index (χ1n) is 6.64. The first-order valence-corrected chi connectivity index (χ1v) is 6.64. The summed E-state index contributed by atoms with van der Waals surface area (Å²) in [7, 11) is 0. The van der Waals surface area contributed by atoms with Gasteiger partial charge in [0.05, 0.1) is 0 Å². The van der Waals surface area contributed by atoms with Crippen LogP contribution in [-0.4, -0.2) is 11.9 Å². The third kappa shape index (κ3) is 2.89. The van der Waals surface area contributed by atoms with Crippen LogP contribution < -0.4 is 5.32 Å². The smallest absolute Gasteiger partial charge is 0.251 e. The van der Waals surface area contributed by atoms with Crippen molar-refractivity contribution in [2.45, 2.75) is 39.2 Å². The molecule has 1 fully saturated rings. The Kier molecular flexibility index (Phi) is 4.00. The third-order valence-corrected chi connectivity index (χ3v) is 4.11. The van der Waals surface area contributed by atoms with Gasteiger partial charge >= 0.3 is 0 Å². The van der Waals surface area contributed by atoms with Gasteiger partial charge in [-0.05, 0) is 36.5 Å². The number of hydrogen-bond donors (Lipinski definition) is 1. The lowest BCUT2D eigenvalue weighted by atomic mass is 9.78. The normalized spacial score (nSPS) is 27.8. The molecule has 3 heteroatoms. The van der Waals surface area contributed by atoms with E-state index in [0.717, 1.165) is 12.8 Å². The van der Waals surface area contributed by atoms with Gasteiger partial charge in [0.25, 0.3) is 5.91 Å². The first-order chi connectivity index (χ1) is 8.58. The predicted molar refractivity (Wildman–Crippen MR) is 69.8 cm³/mol. The summed E-state index contributed by atoms with van der Waals surface area (Å²) in [4.78, 5) is 12.0. The van der Waals surface area contributed by atoms with Crippen molar-refractivity contribution in [2.75, 3.05) is 0 Å². The Balaban J connectivity index is 2.03. The number of carbonyl (C=O) groups is 1. The van der Waals surface area contributed by atoms with Crippen molar-refractivity contribution in [2.24, 2.45) is 11.8 Å². The standard InChI is InChI=1S/C15H20FNO/c1-10-5-3-8-14(11(10)2)17-15(18)12-6-4-7-13(16)9-12/h4,6-7,9-11,14H,3,5,8H2,1-2H3,(H,17,18)/t10-,11-,14+/m1/s1. The number of hydrogen-bond acceptors (Lipinski definition) is 1. The topological polar surface area (TPSA) is 29.1 Å². The fourth-order valence-electron chi connectivity index (χ4n) is 2.67. The zero-order valence-electron chi connectivity index (χ0n) is 10.9. The van der Waals surface area contributed by atoms with Gasteiger partial charge in [-0.2, -0.15) is 0 Å². The molecule has 0 bridgehead atoms. The van der Waals surface area contributed by atoms with Gasteiger partial charge in [0.15, 0.2) is 0 Å². The first kappa shape index (κ1) is 13.1. The fourth-order valence-corrected chi connectivity index (χ4v) is 2.67. The molecule has 2 rings (SSSR count). The Hall–Kier alpha value is -1.38. The molecule has 0 aromatic heterocycles. The van der Waals surface area contributed by atoms with Crippen LogP contribution in [0.15, 0.2) is 24.3 Å². The molecule has 1 amide bonds. The van der Waals surface area contributed by atoms with Crippen LogP contribution in [0.2, 0.25) is 0 Å². The summed E-state index contributed by atoms with van der Waals surface area (Å²) in [6, 6.07) is 6.06. The van der Waals surface area contributed by atoms with Gasteiger partial charge in [0.1, 0.15) is 5.82 Å². The third-order valence-electron chi connectivity index (χ3n) is 4.11. The van der Waals surface area contributed by atoms with Crippen molar-refractivity contribution >= 4 is 5.91 Å². The van der Waals surface area contributed by atoms with Crippen molar-refractivity contribution in [1.82, 2.24) is 5.32 Å². The summed E-state index contributed by atoms with van der Waals surface area (Å²) in [6.45, 7) is 4.41. The maximum atomic E-state index is 13.1. The van der Waals surface area contributed by atoms with Crippen LogP contribution in [-0.2, 0) is 0 Å². The molecule has 1 aromatic rings.